The molecule has 2 heterocycles. The van der Waals surface area contributed by atoms with Gasteiger partial charge in [0, 0.05) is 39.8 Å². The van der Waals surface area contributed by atoms with Gasteiger partial charge in [0.15, 0.2) is 5.13 Å². The first-order valence-corrected chi connectivity index (χ1v) is 14.5. The van der Waals surface area contributed by atoms with Crippen molar-refractivity contribution in [2.24, 2.45) is 17.8 Å². The Morgan fingerprint density at radius 1 is 1.16 bits per heavy atom. The fourth-order valence-corrected chi connectivity index (χ4v) is 6.71. The Kier molecular flexibility index (Phi) is 7.24. The average Bonchev–Trinajstić information content (AvgIpc) is 3.41. The predicted molar refractivity (Wildman–Crippen MR) is 153 cm³/mol. The minimum Gasteiger partial charge on any atom is -0.488 e. The highest BCUT2D eigenvalue weighted by Crippen LogP contribution is 2.45. The molecule has 2 N–H and O–H groups in total. The molecule has 37 heavy (non-hydrogen) atoms. The van der Waals surface area contributed by atoms with Gasteiger partial charge in [0.05, 0.1) is 11.6 Å². The molecule has 0 amide bonds. The van der Waals surface area contributed by atoms with E-state index in [4.69, 9.17) is 20.2 Å². The van der Waals surface area contributed by atoms with Crippen LogP contribution in [0.15, 0.2) is 46.3 Å². The van der Waals surface area contributed by atoms with E-state index in [0.717, 1.165) is 63.7 Å². The van der Waals surface area contributed by atoms with Crippen LogP contribution < -0.4 is 15.4 Å². The normalized spacial score (nSPS) is 21.2. The maximum Gasteiger partial charge on any atom is 0.310 e. The van der Waals surface area contributed by atoms with E-state index in [1.807, 2.05) is 45.0 Å². The van der Waals surface area contributed by atoms with Crippen molar-refractivity contribution >= 4 is 44.1 Å². The Morgan fingerprint density at radius 3 is 2.57 bits per heavy atom. The van der Waals surface area contributed by atoms with Crippen molar-refractivity contribution in [1.29, 1.82) is 0 Å². The van der Waals surface area contributed by atoms with Gasteiger partial charge in [-0.3, -0.25) is 4.79 Å². The second-order valence-corrected chi connectivity index (χ2v) is 13.0. The summed E-state index contributed by atoms with van der Waals surface area (Å²) in [6, 6.07) is 12.0. The van der Waals surface area contributed by atoms with E-state index in [2.05, 4.69) is 45.3 Å². The summed E-state index contributed by atoms with van der Waals surface area (Å²) in [5.41, 5.74) is 10.4. The van der Waals surface area contributed by atoms with Gasteiger partial charge in [-0.2, -0.15) is 0 Å². The number of fused-ring (bicyclic) bond motifs is 2. The number of nitrogens with zero attached hydrogens (tertiary/aromatic N) is 2. The second-order valence-electron chi connectivity index (χ2n) is 11.2. The van der Waals surface area contributed by atoms with Crippen molar-refractivity contribution in [3.05, 3.63) is 57.4 Å². The third kappa shape index (κ3) is 5.80. The summed E-state index contributed by atoms with van der Waals surface area (Å²) in [5, 5.41) is 3.10. The first-order chi connectivity index (χ1) is 17.6. The number of carbonyl (C=O) groups excluding carboxylic acids is 1. The Hall–Kier alpha value is -2.58. The van der Waals surface area contributed by atoms with Crippen LogP contribution in [0.5, 0.6) is 5.75 Å². The number of nitrogens with two attached hydrogens (primary N) is 1. The lowest BCUT2D eigenvalue weighted by Crippen LogP contribution is -2.46. The molecule has 2 unspecified atom stereocenters. The number of aromatic nitrogens is 1. The molecule has 1 saturated heterocycles. The van der Waals surface area contributed by atoms with Crippen molar-refractivity contribution in [1.82, 2.24) is 4.98 Å². The van der Waals surface area contributed by atoms with Crippen LogP contribution in [0.4, 0.5) is 10.8 Å². The molecule has 8 heteroatoms. The summed E-state index contributed by atoms with van der Waals surface area (Å²) < 4.78 is 12.9. The Bertz CT molecular complexity index is 1290. The molecule has 0 radical (unpaired) electrons. The third-order valence-electron chi connectivity index (χ3n) is 7.18. The average molecular weight is 585 g/mol. The number of nitrogen functional groups attached to an aromatic ring is 1. The SMILES string of the molecule is Cc1ccc(OCc2ccc(Br)cc2N)c(-c2csc(N3CC4CCC(C3)C4C(=O)OC(C)(C)C)n2)c1. The van der Waals surface area contributed by atoms with Gasteiger partial charge in [0.25, 0.3) is 0 Å². The Labute approximate surface area is 231 Å². The van der Waals surface area contributed by atoms with E-state index in [9.17, 15) is 4.79 Å². The van der Waals surface area contributed by atoms with Gasteiger partial charge in [-0.05, 0) is 76.6 Å². The van der Waals surface area contributed by atoms with Crippen LogP contribution in [0.2, 0.25) is 0 Å². The number of esters is 1. The van der Waals surface area contributed by atoms with Crippen molar-refractivity contribution < 1.29 is 14.3 Å². The lowest BCUT2D eigenvalue weighted by Gasteiger charge is -2.37. The number of aryl methyl sites for hydroxylation is 1. The molecule has 1 saturated carbocycles. The largest absolute Gasteiger partial charge is 0.488 e. The number of ether oxygens (including phenoxy) is 2. The smallest absolute Gasteiger partial charge is 0.310 e. The minimum absolute atomic E-state index is 0.00210. The van der Waals surface area contributed by atoms with Crippen LogP contribution in [-0.2, 0) is 16.1 Å². The van der Waals surface area contributed by atoms with Gasteiger partial charge in [0.1, 0.15) is 18.0 Å². The molecule has 196 valence electrons. The molecular formula is C29H34BrN3O3S. The summed E-state index contributed by atoms with van der Waals surface area (Å²) in [6.45, 7) is 9.96. The van der Waals surface area contributed by atoms with Gasteiger partial charge >= 0.3 is 5.97 Å². The van der Waals surface area contributed by atoms with Crippen LogP contribution >= 0.6 is 27.3 Å². The number of hydrogen-bond donors (Lipinski definition) is 1. The fourth-order valence-electron chi connectivity index (χ4n) is 5.49. The van der Waals surface area contributed by atoms with E-state index in [0.29, 0.717) is 24.1 Å². The minimum atomic E-state index is -0.450. The van der Waals surface area contributed by atoms with Gasteiger partial charge in [-0.15, -0.1) is 11.3 Å². The number of hydrogen-bond acceptors (Lipinski definition) is 7. The lowest BCUT2D eigenvalue weighted by atomic mass is 9.85. The summed E-state index contributed by atoms with van der Waals surface area (Å²) in [6.07, 6.45) is 2.14. The third-order valence-corrected chi connectivity index (χ3v) is 8.57. The highest BCUT2D eigenvalue weighted by atomic mass is 79.9. The molecular weight excluding hydrogens is 550 g/mol. The molecule has 1 aromatic heterocycles. The second kappa shape index (κ2) is 10.3. The molecule has 2 fully saturated rings. The van der Waals surface area contributed by atoms with Gasteiger partial charge in [0.2, 0.25) is 0 Å². The van der Waals surface area contributed by atoms with Crippen LogP contribution in [-0.4, -0.2) is 29.6 Å². The molecule has 2 bridgehead atoms. The summed E-state index contributed by atoms with van der Waals surface area (Å²) in [5.74, 6) is 1.38. The number of benzene rings is 2. The molecule has 2 aliphatic rings. The van der Waals surface area contributed by atoms with E-state index < -0.39 is 5.60 Å². The van der Waals surface area contributed by atoms with E-state index in [-0.39, 0.29) is 11.9 Å². The predicted octanol–water partition coefficient (Wildman–Crippen LogP) is 6.85. The standard InChI is InChI=1S/C29H34BrN3O3S/c1-17-5-10-25(35-15-20-8-9-21(30)12-23(20)31)22(11-17)24-16-37-28(32-24)33-13-18-6-7-19(14-33)26(18)27(34)36-29(2,3)4/h5,8-12,16,18-19,26H,6-7,13-15,31H2,1-4H3. The van der Waals surface area contributed by atoms with Crippen molar-refractivity contribution in [3.8, 4) is 17.0 Å². The molecule has 1 aliphatic carbocycles. The van der Waals surface area contributed by atoms with Crippen LogP contribution in [0.3, 0.4) is 0 Å². The number of carbonyl (C=O) groups is 1. The van der Waals surface area contributed by atoms with Gasteiger partial charge in [-0.25, -0.2) is 4.98 Å². The highest BCUT2D eigenvalue weighted by Gasteiger charge is 2.47. The van der Waals surface area contributed by atoms with Crippen molar-refractivity contribution in [3.63, 3.8) is 0 Å². The first-order valence-electron chi connectivity index (χ1n) is 12.8. The van der Waals surface area contributed by atoms with E-state index >= 15 is 0 Å². The molecule has 5 rings (SSSR count). The van der Waals surface area contributed by atoms with Gasteiger partial charge in [-0.1, -0.05) is 33.6 Å². The number of piperidine rings is 1. The van der Waals surface area contributed by atoms with Crippen molar-refractivity contribution in [2.75, 3.05) is 23.7 Å². The van der Waals surface area contributed by atoms with E-state index in [1.165, 1.54) is 0 Å². The summed E-state index contributed by atoms with van der Waals surface area (Å²) in [4.78, 5) is 20.3. The summed E-state index contributed by atoms with van der Waals surface area (Å²) in [7, 11) is 0. The molecule has 2 atom stereocenters. The zero-order valence-corrected chi connectivity index (χ0v) is 24.2. The topological polar surface area (TPSA) is 77.7 Å². The molecule has 1 aliphatic heterocycles. The molecule has 0 spiro atoms. The maximum absolute atomic E-state index is 12.9. The zero-order valence-electron chi connectivity index (χ0n) is 21.8. The molecule has 3 aromatic rings. The van der Waals surface area contributed by atoms with Crippen LogP contribution in [0, 0.1) is 24.7 Å². The lowest BCUT2D eigenvalue weighted by molar-refractivity contribution is -0.163. The quantitative estimate of drug-likeness (QED) is 0.252. The fraction of sp³-hybridized carbons (Fsp3) is 0.448. The molecule has 6 nitrogen and oxygen atoms in total. The molecule has 2 aromatic carbocycles. The van der Waals surface area contributed by atoms with Crippen LogP contribution in [0.25, 0.3) is 11.3 Å². The van der Waals surface area contributed by atoms with E-state index in [1.54, 1.807) is 11.3 Å². The number of halogens is 1. The number of anilines is 2. The van der Waals surface area contributed by atoms with Gasteiger partial charge < -0.3 is 20.1 Å². The summed E-state index contributed by atoms with van der Waals surface area (Å²) >= 11 is 5.11. The Balaban J connectivity index is 1.32. The number of thiazole rings is 1. The Morgan fingerprint density at radius 2 is 1.89 bits per heavy atom. The maximum atomic E-state index is 12.9. The van der Waals surface area contributed by atoms with Crippen LogP contribution in [0.1, 0.15) is 44.7 Å². The van der Waals surface area contributed by atoms with Crippen molar-refractivity contribution in [2.45, 2.75) is 52.7 Å². The highest BCUT2D eigenvalue weighted by molar-refractivity contribution is 9.10. The monoisotopic (exact) mass is 583 g/mol. The zero-order chi connectivity index (χ0) is 26.3. The first kappa shape index (κ1) is 26.0. The number of rotatable bonds is 6.